The van der Waals surface area contributed by atoms with Gasteiger partial charge in [-0.1, -0.05) is 45.0 Å². The Bertz CT molecular complexity index is 1340. The largest absolute Gasteiger partial charge is 0.489 e. The number of pyridine rings is 1. The third-order valence-corrected chi connectivity index (χ3v) is 7.62. The van der Waals surface area contributed by atoms with Crippen LogP contribution in [0.5, 0.6) is 5.75 Å². The highest BCUT2D eigenvalue weighted by Gasteiger charge is 2.45. The number of hydrogen-bond donors (Lipinski definition) is 2. The van der Waals surface area contributed by atoms with Crippen LogP contribution in [0.1, 0.15) is 90.0 Å². The van der Waals surface area contributed by atoms with Crippen molar-refractivity contribution in [1.29, 1.82) is 0 Å². The average molecular weight is 562 g/mol. The highest BCUT2D eigenvalue weighted by atomic mass is 16.5. The van der Waals surface area contributed by atoms with Crippen molar-refractivity contribution in [2.45, 2.75) is 97.2 Å². The molecular weight excluding hydrogens is 518 g/mol. The van der Waals surface area contributed by atoms with Gasteiger partial charge in [0.2, 0.25) is 11.8 Å². The lowest BCUT2D eigenvalue weighted by Gasteiger charge is -2.54. The van der Waals surface area contributed by atoms with Gasteiger partial charge >= 0.3 is 0 Å². The Morgan fingerprint density at radius 1 is 1.02 bits per heavy atom. The Labute approximate surface area is 243 Å². The molecule has 41 heavy (non-hydrogen) atoms. The van der Waals surface area contributed by atoms with Crippen LogP contribution in [0.25, 0.3) is 0 Å². The SMILES string of the molecule is CCN1C(C)(C)CC(Oc2ccc(C(=O)Nc3ccc(CC(=O)Nc4cc(C(C)(C)C)no4)cc3)nc2)CC1(C)C. The maximum absolute atomic E-state index is 12.8. The van der Waals surface area contributed by atoms with E-state index in [1.165, 1.54) is 0 Å². The number of carbonyl (C=O) groups is 2. The fraction of sp³-hybridized carbons (Fsp3) is 0.500. The summed E-state index contributed by atoms with van der Waals surface area (Å²) < 4.78 is 11.5. The van der Waals surface area contributed by atoms with E-state index in [-0.39, 0.29) is 40.8 Å². The molecule has 0 unspecified atom stereocenters. The van der Waals surface area contributed by atoms with Crippen LogP contribution in [-0.2, 0) is 16.6 Å². The molecule has 3 aromatic rings. The lowest BCUT2D eigenvalue weighted by atomic mass is 9.78. The van der Waals surface area contributed by atoms with Gasteiger partial charge in [-0.3, -0.25) is 19.8 Å². The summed E-state index contributed by atoms with van der Waals surface area (Å²) >= 11 is 0. The van der Waals surface area contributed by atoms with E-state index in [2.05, 4.69) is 60.3 Å². The van der Waals surface area contributed by atoms with Crippen molar-refractivity contribution in [2.24, 2.45) is 0 Å². The number of likely N-dealkylation sites (tertiary alicyclic amines) is 1. The monoisotopic (exact) mass is 561 g/mol. The van der Waals surface area contributed by atoms with E-state index in [4.69, 9.17) is 9.26 Å². The highest BCUT2D eigenvalue weighted by Crippen LogP contribution is 2.39. The van der Waals surface area contributed by atoms with Crippen molar-refractivity contribution < 1.29 is 18.8 Å². The fourth-order valence-electron chi connectivity index (χ4n) is 5.90. The average Bonchev–Trinajstić information content (AvgIpc) is 3.33. The summed E-state index contributed by atoms with van der Waals surface area (Å²) in [5.74, 6) is 0.446. The van der Waals surface area contributed by atoms with Gasteiger partial charge < -0.3 is 14.6 Å². The zero-order valence-electron chi connectivity index (χ0n) is 25.5. The fourth-order valence-corrected chi connectivity index (χ4v) is 5.90. The molecule has 4 rings (SSSR count). The van der Waals surface area contributed by atoms with Crippen molar-refractivity contribution in [3.63, 3.8) is 0 Å². The molecule has 9 nitrogen and oxygen atoms in total. The number of piperidine rings is 1. The molecule has 220 valence electrons. The number of amides is 2. The summed E-state index contributed by atoms with van der Waals surface area (Å²) in [6.45, 7) is 18.3. The number of nitrogens with zero attached hydrogens (tertiary/aromatic N) is 3. The molecule has 1 fully saturated rings. The molecule has 0 bridgehead atoms. The van der Waals surface area contributed by atoms with Gasteiger partial charge in [0, 0.05) is 41.1 Å². The van der Waals surface area contributed by atoms with Gasteiger partial charge in [0.25, 0.3) is 5.91 Å². The molecule has 0 saturated carbocycles. The van der Waals surface area contributed by atoms with Gasteiger partial charge in [-0.05, 0) is 64.1 Å². The third-order valence-electron chi connectivity index (χ3n) is 7.62. The second-order valence-corrected chi connectivity index (χ2v) is 13.1. The van der Waals surface area contributed by atoms with Crippen molar-refractivity contribution in [1.82, 2.24) is 15.0 Å². The van der Waals surface area contributed by atoms with Crippen LogP contribution in [0.15, 0.2) is 53.2 Å². The molecule has 1 saturated heterocycles. The molecule has 1 aliphatic rings. The molecule has 0 aliphatic carbocycles. The van der Waals surface area contributed by atoms with Gasteiger partial charge in [0.1, 0.15) is 17.5 Å². The third kappa shape index (κ3) is 7.52. The summed E-state index contributed by atoms with van der Waals surface area (Å²) in [5.41, 5.74) is 2.36. The zero-order chi connectivity index (χ0) is 30.0. The van der Waals surface area contributed by atoms with E-state index in [1.807, 2.05) is 20.8 Å². The Hall–Kier alpha value is -3.72. The minimum Gasteiger partial charge on any atom is -0.489 e. The first-order chi connectivity index (χ1) is 19.2. The smallest absolute Gasteiger partial charge is 0.274 e. The second-order valence-electron chi connectivity index (χ2n) is 13.1. The molecule has 2 amide bonds. The van der Waals surface area contributed by atoms with Crippen molar-refractivity contribution in [3.05, 3.63) is 65.6 Å². The maximum Gasteiger partial charge on any atom is 0.274 e. The van der Waals surface area contributed by atoms with Gasteiger partial charge in [-0.25, -0.2) is 4.98 Å². The molecule has 1 aromatic carbocycles. The number of ether oxygens (including phenoxy) is 1. The van der Waals surface area contributed by atoms with E-state index < -0.39 is 0 Å². The van der Waals surface area contributed by atoms with Crippen LogP contribution < -0.4 is 15.4 Å². The molecule has 0 atom stereocenters. The van der Waals surface area contributed by atoms with Gasteiger partial charge in [-0.2, -0.15) is 0 Å². The summed E-state index contributed by atoms with van der Waals surface area (Å²) in [5, 5.41) is 9.61. The lowest BCUT2D eigenvalue weighted by molar-refractivity contribution is -0.115. The highest BCUT2D eigenvalue weighted by molar-refractivity contribution is 6.02. The Balaban J connectivity index is 1.29. The molecule has 2 aromatic heterocycles. The standard InChI is InChI=1S/C32H43N5O4/c1-9-37-31(5,6)18-24(19-32(37,7)8)40-23-14-15-25(33-20-23)29(39)34-22-12-10-21(11-13-22)16-27(38)35-28-17-26(36-41-28)30(2,3)4/h10-15,17,20,24H,9,16,18-19H2,1-8H3,(H,34,39)(H,35,38). The van der Waals surface area contributed by atoms with Crippen LogP contribution >= 0.6 is 0 Å². The summed E-state index contributed by atoms with van der Waals surface area (Å²) in [6.07, 6.45) is 3.68. The van der Waals surface area contributed by atoms with E-state index in [0.717, 1.165) is 30.6 Å². The molecular formula is C32H43N5O4. The van der Waals surface area contributed by atoms with Gasteiger partial charge in [0.15, 0.2) is 0 Å². The summed E-state index contributed by atoms with van der Waals surface area (Å²) in [7, 11) is 0. The van der Waals surface area contributed by atoms with Crippen molar-refractivity contribution in [3.8, 4) is 5.75 Å². The van der Waals surface area contributed by atoms with E-state index in [1.54, 1.807) is 48.7 Å². The first-order valence-corrected chi connectivity index (χ1v) is 14.2. The predicted molar refractivity (Wildman–Crippen MR) is 160 cm³/mol. The number of nitrogens with one attached hydrogen (secondary N) is 2. The van der Waals surface area contributed by atoms with E-state index >= 15 is 0 Å². The minimum absolute atomic E-state index is 0.0286. The predicted octanol–water partition coefficient (Wildman–Crippen LogP) is 6.22. The van der Waals surface area contributed by atoms with Crippen LogP contribution in [0, 0.1) is 0 Å². The Morgan fingerprint density at radius 2 is 1.68 bits per heavy atom. The normalized spacial score (nSPS) is 17.2. The topological polar surface area (TPSA) is 110 Å². The van der Waals surface area contributed by atoms with Crippen molar-refractivity contribution in [2.75, 3.05) is 17.2 Å². The first kappa shape index (κ1) is 30.2. The van der Waals surface area contributed by atoms with Gasteiger partial charge in [-0.15, -0.1) is 0 Å². The number of benzene rings is 1. The number of anilines is 2. The second kappa shape index (κ2) is 11.6. The minimum atomic E-state index is -0.319. The number of rotatable bonds is 8. The molecule has 2 N–H and O–H groups in total. The number of hydrogen-bond acceptors (Lipinski definition) is 7. The molecule has 0 spiro atoms. The molecule has 3 heterocycles. The molecule has 9 heteroatoms. The Kier molecular flexibility index (Phi) is 8.59. The maximum atomic E-state index is 12.8. The molecule has 1 aliphatic heterocycles. The quantitative estimate of drug-likeness (QED) is 0.336. The molecule has 0 radical (unpaired) electrons. The Morgan fingerprint density at radius 3 is 2.22 bits per heavy atom. The number of aromatic nitrogens is 2. The summed E-state index contributed by atoms with van der Waals surface area (Å²) in [4.78, 5) is 32.1. The van der Waals surface area contributed by atoms with Gasteiger partial charge in [0.05, 0.1) is 18.3 Å². The summed E-state index contributed by atoms with van der Waals surface area (Å²) in [6, 6.07) is 12.3. The van der Waals surface area contributed by atoms with Crippen molar-refractivity contribution >= 4 is 23.4 Å². The number of carbonyl (C=O) groups excluding carboxylic acids is 2. The van der Waals surface area contributed by atoms with E-state index in [0.29, 0.717) is 23.0 Å². The van der Waals surface area contributed by atoms with Crippen LogP contribution in [0.4, 0.5) is 11.6 Å². The lowest BCUT2D eigenvalue weighted by Crippen LogP contribution is -2.62. The van der Waals surface area contributed by atoms with Crippen LogP contribution in [0.3, 0.4) is 0 Å². The van der Waals surface area contributed by atoms with E-state index in [9.17, 15) is 9.59 Å². The zero-order valence-corrected chi connectivity index (χ0v) is 25.5. The van der Waals surface area contributed by atoms with Crippen LogP contribution in [0.2, 0.25) is 0 Å². The van der Waals surface area contributed by atoms with Crippen LogP contribution in [-0.4, -0.2) is 50.6 Å². The first-order valence-electron chi connectivity index (χ1n) is 14.2.